The molecule has 0 spiro atoms. The quantitative estimate of drug-likeness (QED) is 0.678. The number of rotatable bonds is 6. The number of nitrogens with one attached hydrogen (secondary N) is 3. The average Bonchev–Trinajstić information content (AvgIpc) is 2.78. The second-order valence-electron chi connectivity index (χ2n) is 4.91. The molecular formula is C14H15Cl2N3O3. The zero-order valence-corrected chi connectivity index (χ0v) is 13.1. The predicted molar refractivity (Wildman–Crippen MR) is 82.2 cm³/mol. The Kier molecular flexibility index (Phi) is 5.63. The molecule has 0 aromatic heterocycles. The zero-order valence-electron chi connectivity index (χ0n) is 11.6. The Morgan fingerprint density at radius 2 is 1.86 bits per heavy atom. The summed E-state index contributed by atoms with van der Waals surface area (Å²) in [7, 11) is 0. The average molecular weight is 344 g/mol. The number of hydrazine groups is 1. The lowest BCUT2D eigenvalue weighted by atomic mass is 10.0. The van der Waals surface area contributed by atoms with Gasteiger partial charge in [0.2, 0.25) is 5.91 Å². The van der Waals surface area contributed by atoms with Gasteiger partial charge in [0.25, 0.3) is 11.8 Å². The van der Waals surface area contributed by atoms with Crippen LogP contribution in [0.25, 0.3) is 0 Å². The summed E-state index contributed by atoms with van der Waals surface area (Å²) >= 11 is 11.8. The van der Waals surface area contributed by atoms with Crippen LogP contribution in [0, 0.1) is 5.92 Å². The van der Waals surface area contributed by atoms with Crippen molar-refractivity contribution < 1.29 is 14.4 Å². The van der Waals surface area contributed by atoms with E-state index in [0.29, 0.717) is 23.0 Å². The van der Waals surface area contributed by atoms with Gasteiger partial charge in [-0.15, -0.1) is 0 Å². The molecular weight excluding hydrogens is 329 g/mol. The number of benzene rings is 1. The molecule has 6 nitrogen and oxygen atoms in total. The van der Waals surface area contributed by atoms with E-state index in [4.69, 9.17) is 23.2 Å². The van der Waals surface area contributed by atoms with Crippen LogP contribution in [0.2, 0.25) is 10.0 Å². The second kappa shape index (κ2) is 7.47. The molecule has 0 atom stereocenters. The zero-order chi connectivity index (χ0) is 16.1. The minimum absolute atomic E-state index is 0.111. The summed E-state index contributed by atoms with van der Waals surface area (Å²) in [5, 5.41) is 3.85. The Balaban J connectivity index is 1.72. The third-order valence-corrected chi connectivity index (χ3v) is 3.92. The largest absolute Gasteiger partial charge is 0.356 e. The molecule has 118 valence electrons. The monoisotopic (exact) mass is 343 g/mol. The van der Waals surface area contributed by atoms with E-state index in [1.807, 2.05) is 6.07 Å². The summed E-state index contributed by atoms with van der Waals surface area (Å²) < 4.78 is 0. The van der Waals surface area contributed by atoms with Gasteiger partial charge >= 0.3 is 0 Å². The van der Waals surface area contributed by atoms with Gasteiger partial charge in [0.05, 0.1) is 0 Å². The van der Waals surface area contributed by atoms with E-state index < -0.39 is 17.7 Å². The summed E-state index contributed by atoms with van der Waals surface area (Å²) in [6.07, 6.45) is 0.872. The molecule has 0 aliphatic carbocycles. The highest BCUT2D eigenvalue weighted by Gasteiger charge is 2.32. The van der Waals surface area contributed by atoms with E-state index in [-0.39, 0.29) is 18.7 Å². The Bertz CT molecular complexity index is 591. The van der Waals surface area contributed by atoms with Crippen molar-refractivity contribution in [2.75, 3.05) is 6.54 Å². The van der Waals surface area contributed by atoms with Crippen molar-refractivity contribution in [1.29, 1.82) is 0 Å². The highest BCUT2D eigenvalue weighted by atomic mass is 35.5. The van der Waals surface area contributed by atoms with Crippen LogP contribution in [0.4, 0.5) is 0 Å². The molecule has 1 fully saturated rings. The van der Waals surface area contributed by atoms with E-state index in [2.05, 4.69) is 16.2 Å². The second-order valence-corrected chi connectivity index (χ2v) is 5.75. The Morgan fingerprint density at radius 1 is 1.18 bits per heavy atom. The van der Waals surface area contributed by atoms with Gasteiger partial charge in [0.1, 0.15) is 5.92 Å². The van der Waals surface area contributed by atoms with E-state index in [1.165, 1.54) is 0 Å². The number of halogens is 2. The van der Waals surface area contributed by atoms with Gasteiger partial charge in [-0.2, -0.15) is 0 Å². The topological polar surface area (TPSA) is 87.3 Å². The van der Waals surface area contributed by atoms with Gasteiger partial charge in [0, 0.05) is 23.0 Å². The Hall–Kier alpha value is -1.79. The van der Waals surface area contributed by atoms with Crippen molar-refractivity contribution in [2.45, 2.75) is 19.3 Å². The van der Waals surface area contributed by atoms with Crippen molar-refractivity contribution in [3.05, 3.63) is 33.8 Å². The van der Waals surface area contributed by atoms with Crippen LogP contribution >= 0.6 is 23.2 Å². The van der Waals surface area contributed by atoms with Gasteiger partial charge in [-0.3, -0.25) is 25.2 Å². The fourth-order valence-corrected chi connectivity index (χ4v) is 2.61. The minimum Gasteiger partial charge on any atom is -0.356 e. The smallest absolute Gasteiger partial charge is 0.251 e. The SMILES string of the molecule is O=C(CCC1C(=O)NNC1=O)NCCc1ccc(Cl)cc1Cl. The van der Waals surface area contributed by atoms with Gasteiger partial charge in [-0.05, 0) is 30.5 Å². The first-order valence-corrected chi connectivity index (χ1v) is 7.53. The lowest BCUT2D eigenvalue weighted by Crippen LogP contribution is -2.28. The van der Waals surface area contributed by atoms with Crippen LogP contribution in [0.3, 0.4) is 0 Å². The van der Waals surface area contributed by atoms with Crippen LogP contribution < -0.4 is 16.2 Å². The molecule has 0 unspecified atom stereocenters. The van der Waals surface area contributed by atoms with Crippen LogP contribution in [-0.2, 0) is 20.8 Å². The molecule has 2 rings (SSSR count). The Labute approximate surface area is 137 Å². The fourth-order valence-electron chi connectivity index (χ4n) is 2.10. The van der Waals surface area contributed by atoms with Crippen molar-refractivity contribution in [3.8, 4) is 0 Å². The van der Waals surface area contributed by atoms with Crippen molar-refractivity contribution in [2.24, 2.45) is 5.92 Å². The highest BCUT2D eigenvalue weighted by molar-refractivity contribution is 6.35. The summed E-state index contributed by atoms with van der Waals surface area (Å²) in [5.74, 6) is -1.80. The lowest BCUT2D eigenvalue weighted by molar-refractivity contribution is -0.128. The molecule has 3 N–H and O–H groups in total. The van der Waals surface area contributed by atoms with Crippen molar-refractivity contribution >= 4 is 40.9 Å². The van der Waals surface area contributed by atoms with Crippen LogP contribution in [-0.4, -0.2) is 24.3 Å². The molecule has 1 aromatic rings. The molecule has 1 heterocycles. The van der Waals surface area contributed by atoms with Crippen LogP contribution in [0.5, 0.6) is 0 Å². The summed E-state index contributed by atoms with van der Waals surface area (Å²) in [6, 6.07) is 5.20. The first-order chi connectivity index (χ1) is 10.5. The van der Waals surface area contributed by atoms with Gasteiger partial charge in [0.15, 0.2) is 0 Å². The standard InChI is InChI=1S/C14H15Cl2N3O3/c15-9-2-1-8(11(16)7-9)5-6-17-12(20)4-3-10-13(21)18-19-14(10)22/h1-2,7,10H,3-6H2,(H,17,20)(H,18,21)(H,19,22). The molecule has 1 aromatic carbocycles. The van der Waals surface area contributed by atoms with Crippen molar-refractivity contribution in [3.63, 3.8) is 0 Å². The number of carbonyl (C=O) groups is 3. The molecule has 1 saturated heterocycles. The minimum atomic E-state index is -0.795. The number of hydrogen-bond acceptors (Lipinski definition) is 3. The molecule has 3 amide bonds. The van der Waals surface area contributed by atoms with E-state index in [1.54, 1.807) is 12.1 Å². The fraction of sp³-hybridized carbons (Fsp3) is 0.357. The predicted octanol–water partition coefficient (Wildman–Crippen LogP) is 1.21. The first-order valence-electron chi connectivity index (χ1n) is 6.77. The summed E-state index contributed by atoms with van der Waals surface area (Å²) in [6.45, 7) is 0.420. The molecule has 8 heteroatoms. The molecule has 1 aliphatic rings. The third-order valence-electron chi connectivity index (χ3n) is 3.33. The number of hydrogen-bond donors (Lipinski definition) is 3. The molecule has 22 heavy (non-hydrogen) atoms. The lowest BCUT2D eigenvalue weighted by Gasteiger charge is -2.08. The van der Waals surface area contributed by atoms with Gasteiger partial charge in [-0.1, -0.05) is 29.3 Å². The Morgan fingerprint density at radius 3 is 2.50 bits per heavy atom. The number of amides is 3. The number of carbonyl (C=O) groups excluding carboxylic acids is 3. The van der Waals surface area contributed by atoms with Crippen LogP contribution in [0.15, 0.2) is 18.2 Å². The molecule has 0 radical (unpaired) electrons. The van der Waals surface area contributed by atoms with Gasteiger partial charge < -0.3 is 5.32 Å². The maximum Gasteiger partial charge on any atom is 0.251 e. The van der Waals surface area contributed by atoms with Crippen molar-refractivity contribution in [1.82, 2.24) is 16.2 Å². The summed E-state index contributed by atoms with van der Waals surface area (Å²) in [5.41, 5.74) is 5.34. The van der Waals surface area contributed by atoms with E-state index >= 15 is 0 Å². The maximum atomic E-state index is 11.7. The molecule has 0 saturated carbocycles. The maximum absolute atomic E-state index is 11.7. The molecule has 0 bridgehead atoms. The normalized spacial score (nSPS) is 14.6. The third kappa shape index (κ3) is 4.35. The molecule has 1 aliphatic heterocycles. The van der Waals surface area contributed by atoms with Crippen LogP contribution in [0.1, 0.15) is 18.4 Å². The van der Waals surface area contributed by atoms with Gasteiger partial charge in [-0.25, -0.2) is 0 Å². The van der Waals surface area contributed by atoms with E-state index in [0.717, 1.165) is 5.56 Å². The first kappa shape index (κ1) is 16.6. The van der Waals surface area contributed by atoms with E-state index in [9.17, 15) is 14.4 Å². The summed E-state index contributed by atoms with van der Waals surface area (Å²) in [4.78, 5) is 34.3. The highest BCUT2D eigenvalue weighted by Crippen LogP contribution is 2.21.